The second-order valence-electron chi connectivity index (χ2n) is 4.68. The topological polar surface area (TPSA) is 45.7 Å². The molecule has 4 nitrogen and oxygen atoms in total. The Morgan fingerprint density at radius 2 is 1.78 bits per heavy atom. The van der Waals surface area contributed by atoms with Crippen LogP contribution < -0.4 is 10.6 Å². The fourth-order valence-electron chi connectivity index (χ4n) is 1.76. The lowest BCUT2D eigenvalue weighted by atomic mass is 10.1. The van der Waals surface area contributed by atoms with Crippen molar-refractivity contribution in [3.05, 3.63) is 35.9 Å². The number of rotatable bonds is 8. The van der Waals surface area contributed by atoms with E-state index in [2.05, 4.69) is 32.5 Å². The molecule has 23 heavy (non-hydrogen) atoms. The van der Waals surface area contributed by atoms with Gasteiger partial charge in [-0.3, -0.25) is 4.99 Å². The van der Waals surface area contributed by atoms with Crippen LogP contribution in [-0.4, -0.2) is 45.5 Å². The highest BCUT2D eigenvalue weighted by Gasteiger charge is 2.27. The largest absolute Gasteiger partial charge is 0.411 e. The van der Waals surface area contributed by atoms with Gasteiger partial charge in [-0.1, -0.05) is 30.3 Å². The predicted octanol–water partition coefficient (Wildman–Crippen LogP) is 2.98. The highest BCUT2D eigenvalue weighted by atomic mass is 127. The van der Waals surface area contributed by atoms with Crippen LogP contribution in [-0.2, 0) is 11.2 Å². The second kappa shape index (κ2) is 12.4. The predicted molar refractivity (Wildman–Crippen MR) is 96.4 cm³/mol. The molecular weight excluding hydrogens is 422 g/mol. The molecule has 0 aromatic heterocycles. The molecule has 0 radical (unpaired) electrons. The number of nitrogens with one attached hydrogen (secondary N) is 2. The van der Waals surface area contributed by atoms with Crippen LogP contribution in [0, 0.1) is 0 Å². The van der Waals surface area contributed by atoms with Gasteiger partial charge in [-0.15, -0.1) is 24.0 Å². The normalized spacial score (nSPS) is 11.7. The van der Waals surface area contributed by atoms with Gasteiger partial charge >= 0.3 is 6.18 Å². The minimum atomic E-state index is -4.26. The summed E-state index contributed by atoms with van der Waals surface area (Å²) in [5.74, 6) is 0.631. The summed E-state index contributed by atoms with van der Waals surface area (Å²) in [6.45, 7) is 0.0989. The maximum Gasteiger partial charge on any atom is 0.411 e. The smallest absolute Gasteiger partial charge is 0.372 e. The molecule has 0 atom stereocenters. The number of benzene rings is 1. The molecule has 8 heteroatoms. The lowest BCUT2D eigenvalue weighted by molar-refractivity contribution is -0.173. The van der Waals surface area contributed by atoms with Crippen LogP contribution in [0.1, 0.15) is 12.0 Å². The summed E-state index contributed by atoms with van der Waals surface area (Å²) in [7, 11) is 1.65. The molecule has 0 bridgehead atoms. The molecule has 0 aliphatic heterocycles. The summed E-state index contributed by atoms with van der Waals surface area (Å²) < 4.78 is 40.1. The van der Waals surface area contributed by atoms with Crippen molar-refractivity contribution in [3.63, 3.8) is 0 Å². The highest BCUT2D eigenvalue weighted by Crippen LogP contribution is 2.14. The molecule has 1 aromatic rings. The molecule has 0 spiro atoms. The van der Waals surface area contributed by atoms with Crippen LogP contribution >= 0.6 is 24.0 Å². The van der Waals surface area contributed by atoms with Crippen molar-refractivity contribution in [2.24, 2.45) is 4.99 Å². The van der Waals surface area contributed by atoms with Crippen LogP contribution in [0.4, 0.5) is 13.2 Å². The molecule has 0 unspecified atom stereocenters. The van der Waals surface area contributed by atoms with Gasteiger partial charge in [0.05, 0.1) is 0 Å². The zero-order chi connectivity index (χ0) is 16.3. The summed E-state index contributed by atoms with van der Waals surface area (Å²) in [5.41, 5.74) is 1.23. The van der Waals surface area contributed by atoms with Gasteiger partial charge in [-0.05, 0) is 18.4 Å². The quantitative estimate of drug-likeness (QED) is 0.280. The molecule has 0 saturated carbocycles. The van der Waals surface area contributed by atoms with E-state index in [0.29, 0.717) is 18.9 Å². The molecule has 1 aromatic carbocycles. The number of guanidine groups is 1. The van der Waals surface area contributed by atoms with Crippen molar-refractivity contribution in [2.45, 2.75) is 19.0 Å². The molecule has 2 N–H and O–H groups in total. The Hall–Kier alpha value is -1.03. The number of halogens is 4. The van der Waals surface area contributed by atoms with E-state index in [9.17, 15) is 13.2 Å². The maximum absolute atomic E-state index is 11.9. The van der Waals surface area contributed by atoms with Gasteiger partial charge in [0.25, 0.3) is 0 Å². The third-order valence-electron chi connectivity index (χ3n) is 2.80. The average Bonchev–Trinajstić information content (AvgIpc) is 2.49. The van der Waals surface area contributed by atoms with E-state index in [1.54, 1.807) is 7.05 Å². The first-order valence-electron chi connectivity index (χ1n) is 7.14. The monoisotopic (exact) mass is 445 g/mol. The third kappa shape index (κ3) is 12.1. The Labute approximate surface area is 151 Å². The molecule has 0 aliphatic carbocycles. The Balaban J connectivity index is 0.00000484. The number of hydrogen-bond donors (Lipinski definition) is 2. The Morgan fingerprint density at radius 3 is 2.39 bits per heavy atom. The van der Waals surface area contributed by atoms with Gasteiger partial charge in [0.1, 0.15) is 6.61 Å². The van der Waals surface area contributed by atoms with Gasteiger partial charge in [-0.2, -0.15) is 13.2 Å². The Bertz CT molecular complexity index is 441. The summed E-state index contributed by atoms with van der Waals surface area (Å²) in [6.07, 6.45) is -2.91. The molecule has 132 valence electrons. The Morgan fingerprint density at radius 1 is 1.13 bits per heavy atom. The van der Waals surface area contributed by atoms with Crippen molar-refractivity contribution in [3.8, 4) is 0 Å². The number of nitrogens with zero attached hydrogens (tertiary/aromatic N) is 1. The van der Waals surface area contributed by atoms with E-state index >= 15 is 0 Å². The van der Waals surface area contributed by atoms with Crippen LogP contribution in [0.5, 0.6) is 0 Å². The van der Waals surface area contributed by atoms with Gasteiger partial charge in [0, 0.05) is 26.7 Å². The maximum atomic E-state index is 11.9. The minimum absolute atomic E-state index is 0. The summed E-state index contributed by atoms with van der Waals surface area (Å²) in [4.78, 5) is 4.05. The molecule has 0 aliphatic rings. The fourth-order valence-corrected chi connectivity index (χ4v) is 1.76. The summed E-state index contributed by atoms with van der Waals surface area (Å²) in [5, 5.41) is 6.18. The SMILES string of the molecule is CN=C(NCCCOCC(F)(F)F)NCCc1ccccc1.I. The zero-order valence-corrected chi connectivity index (χ0v) is 15.4. The average molecular weight is 445 g/mol. The van der Waals surface area contributed by atoms with E-state index in [1.807, 2.05) is 18.2 Å². The first-order valence-corrected chi connectivity index (χ1v) is 7.14. The van der Waals surface area contributed by atoms with Gasteiger partial charge in [0.15, 0.2) is 5.96 Å². The van der Waals surface area contributed by atoms with E-state index in [4.69, 9.17) is 0 Å². The van der Waals surface area contributed by atoms with Gasteiger partial charge in [-0.25, -0.2) is 0 Å². The molecule has 0 saturated heterocycles. The minimum Gasteiger partial charge on any atom is -0.372 e. The van der Waals surface area contributed by atoms with Crippen molar-refractivity contribution < 1.29 is 17.9 Å². The van der Waals surface area contributed by atoms with E-state index in [1.165, 1.54) is 5.56 Å². The van der Waals surface area contributed by atoms with E-state index in [0.717, 1.165) is 13.0 Å². The van der Waals surface area contributed by atoms with Gasteiger partial charge in [0.2, 0.25) is 0 Å². The van der Waals surface area contributed by atoms with Crippen molar-refractivity contribution in [2.75, 3.05) is 33.4 Å². The summed E-state index contributed by atoms with van der Waals surface area (Å²) in [6, 6.07) is 10.1. The van der Waals surface area contributed by atoms with Crippen LogP contribution in [0.25, 0.3) is 0 Å². The van der Waals surface area contributed by atoms with Crippen LogP contribution in [0.15, 0.2) is 35.3 Å². The molecule has 0 heterocycles. The third-order valence-corrected chi connectivity index (χ3v) is 2.80. The number of alkyl halides is 3. The highest BCUT2D eigenvalue weighted by molar-refractivity contribution is 14.0. The Kier molecular flexibility index (Phi) is 11.8. The summed E-state index contributed by atoms with van der Waals surface area (Å²) >= 11 is 0. The standard InChI is InChI=1S/C15H22F3N3O.HI/c1-19-14(20-9-5-11-22-12-15(16,17)18)21-10-8-13-6-3-2-4-7-13;/h2-4,6-7H,5,8-12H2,1H3,(H2,19,20,21);1H. The zero-order valence-electron chi connectivity index (χ0n) is 13.0. The van der Waals surface area contributed by atoms with Crippen molar-refractivity contribution in [1.82, 2.24) is 10.6 Å². The molecule has 1 rings (SSSR count). The van der Waals surface area contributed by atoms with Crippen molar-refractivity contribution >= 4 is 29.9 Å². The van der Waals surface area contributed by atoms with Crippen LogP contribution in [0.3, 0.4) is 0 Å². The second-order valence-corrected chi connectivity index (χ2v) is 4.68. The van der Waals surface area contributed by atoms with E-state index < -0.39 is 12.8 Å². The first-order chi connectivity index (χ1) is 10.5. The number of aliphatic imine (C=N–C) groups is 1. The molecular formula is C15H23F3IN3O. The number of ether oxygens (including phenoxy) is 1. The molecule has 0 fully saturated rings. The van der Waals surface area contributed by atoms with Crippen molar-refractivity contribution in [1.29, 1.82) is 0 Å². The van der Waals surface area contributed by atoms with Gasteiger partial charge < -0.3 is 15.4 Å². The molecule has 0 amide bonds. The first kappa shape index (κ1) is 22.0. The van der Waals surface area contributed by atoms with E-state index in [-0.39, 0.29) is 30.6 Å². The lowest BCUT2D eigenvalue weighted by Gasteiger charge is -2.12. The lowest BCUT2D eigenvalue weighted by Crippen LogP contribution is -2.39. The van der Waals surface area contributed by atoms with Crippen LogP contribution in [0.2, 0.25) is 0 Å². The number of hydrogen-bond acceptors (Lipinski definition) is 2. The fraction of sp³-hybridized carbons (Fsp3) is 0.533.